The van der Waals surface area contributed by atoms with E-state index in [1.165, 1.54) is 19.1 Å². The minimum Gasteiger partial charge on any atom is -0.507 e. The quantitative estimate of drug-likeness (QED) is 0.544. The van der Waals surface area contributed by atoms with E-state index in [4.69, 9.17) is 5.73 Å². The monoisotopic (exact) mass is 209 g/mol. The minimum atomic E-state index is -0.907. The summed E-state index contributed by atoms with van der Waals surface area (Å²) in [6, 6.07) is 4.91. The molecule has 80 valence electrons. The summed E-state index contributed by atoms with van der Waals surface area (Å²) in [7, 11) is 0. The lowest BCUT2D eigenvalue weighted by Gasteiger charge is -2.06. The Hall–Kier alpha value is -1.88. The number of esters is 2. The van der Waals surface area contributed by atoms with Crippen molar-refractivity contribution in [3.05, 3.63) is 29.8 Å². The van der Waals surface area contributed by atoms with E-state index >= 15 is 0 Å². The molecule has 0 radical (unpaired) electrons. The van der Waals surface area contributed by atoms with Crippen LogP contribution < -0.4 is 5.73 Å². The van der Waals surface area contributed by atoms with Gasteiger partial charge < -0.3 is 15.6 Å². The number of benzene rings is 1. The second-order valence-electron chi connectivity index (χ2n) is 3.01. The Morgan fingerprint density at radius 1 is 1.40 bits per heavy atom. The largest absolute Gasteiger partial charge is 0.507 e. The SMILES string of the molecule is C[C@H](N)C(=O)OC(=O)c1ccccc1O. The van der Waals surface area contributed by atoms with Gasteiger partial charge in [-0.2, -0.15) is 0 Å². The van der Waals surface area contributed by atoms with E-state index in [9.17, 15) is 14.7 Å². The molecule has 1 aromatic carbocycles. The van der Waals surface area contributed by atoms with Crippen LogP contribution >= 0.6 is 0 Å². The van der Waals surface area contributed by atoms with Gasteiger partial charge in [-0.15, -0.1) is 0 Å². The van der Waals surface area contributed by atoms with Crippen molar-refractivity contribution in [3.63, 3.8) is 0 Å². The molecule has 0 heterocycles. The van der Waals surface area contributed by atoms with Gasteiger partial charge >= 0.3 is 11.9 Å². The normalized spacial score (nSPS) is 11.9. The van der Waals surface area contributed by atoms with Gasteiger partial charge in [-0.1, -0.05) is 12.1 Å². The van der Waals surface area contributed by atoms with Crippen molar-refractivity contribution in [1.29, 1.82) is 0 Å². The van der Waals surface area contributed by atoms with Gasteiger partial charge in [0.2, 0.25) is 0 Å². The van der Waals surface area contributed by atoms with Crippen molar-refractivity contribution in [3.8, 4) is 5.75 Å². The molecule has 0 fully saturated rings. The molecule has 5 nitrogen and oxygen atoms in total. The molecule has 15 heavy (non-hydrogen) atoms. The zero-order valence-corrected chi connectivity index (χ0v) is 8.14. The van der Waals surface area contributed by atoms with Crippen molar-refractivity contribution in [2.24, 2.45) is 5.73 Å². The fourth-order valence-corrected chi connectivity index (χ4v) is 0.886. The third-order valence-corrected chi connectivity index (χ3v) is 1.69. The second-order valence-corrected chi connectivity index (χ2v) is 3.01. The smallest absolute Gasteiger partial charge is 0.349 e. The predicted octanol–water partition coefficient (Wildman–Crippen LogP) is 0.423. The van der Waals surface area contributed by atoms with Crippen molar-refractivity contribution < 1.29 is 19.4 Å². The highest BCUT2D eigenvalue weighted by Crippen LogP contribution is 2.16. The van der Waals surface area contributed by atoms with E-state index in [0.29, 0.717) is 0 Å². The number of aromatic hydroxyl groups is 1. The Bertz CT molecular complexity index is 387. The van der Waals surface area contributed by atoms with Crippen molar-refractivity contribution in [1.82, 2.24) is 0 Å². The fourth-order valence-electron chi connectivity index (χ4n) is 0.886. The maximum absolute atomic E-state index is 11.3. The lowest BCUT2D eigenvalue weighted by atomic mass is 10.2. The molecule has 1 rings (SSSR count). The molecule has 0 unspecified atom stereocenters. The maximum Gasteiger partial charge on any atom is 0.349 e. The van der Waals surface area contributed by atoms with Crippen molar-refractivity contribution in [2.45, 2.75) is 13.0 Å². The van der Waals surface area contributed by atoms with Crippen LogP contribution in [-0.2, 0) is 9.53 Å². The number of phenolic OH excluding ortho intramolecular Hbond substituents is 1. The lowest BCUT2D eigenvalue weighted by Crippen LogP contribution is -2.30. The Morgan fingerprint density at radius 2 is 2.00 bits per heavy atom. The minimum absolute atomic E-state index is 0.0634. The van der Waals surface area contributed by atoms with Crippen LogP contribution in [0.25, 0.3) is 0 Å². The highest BCUT2D eigenvalue weighted by Gasteiger charge is 2.18. The second kappa shape index (κ2) is 4.56. The van der Waals surface area contributed by atoms with Gasteiger partial charge in [-0.25, -0.2) is 9.59 Å². The topological polar surface area (TPSA) is 89.6 Å². The molecule has 1 aromatic rings. The molecule has 0 bridgehead atoms. The molecule has 3 N–H and O–H groups in total. The van der Waals surface area contributed by atoms with Crippen molar-refractivity contribution >= 4 is 11.9 Å². The van der Waals surface area contributed by atoms with Gasteiger partial charge in [0.25, 0.3) is 0 Å². The number of ether oxygens (including phenoxy) is 1. The number of hydrogen-bond acceptors (Lipinski definition) is 5. The van der Waals surface area contributed by atoms with E-state index in [-0.39, 0.29) is 11.3 Å². The first-order valence-electron chi connectivity index (χ1n) is 4.32. The highest BCUT2D eigenvalue weighted by molar-refractivity contribution is 5.99. The Labute approximate surface area is 86.5 Å². The first kappa shape index (κ1) is 11.2. The summed E-state index contributed by atoms with van der Waals surface area (Å²) in [5, 5.41) is 9.29. The molecule has 0 aliphatic rings. The first-order chi connectivity index (χ1) is 7.02. The van der Waals surface area contributed by atoms with Crippen molar-refractivity contribution in [2.75, 3.05) is 0 Å². The Balaban J connectivity index is 2.79. The van der Waals surface area contributed by atoms with E-state index in [1.54, 1.807) is 12.1 Å². The summed E-state index contributed by atoms with van der Waals surface area (Å²) in [6.07, 6.45) is 0. The number of hydrogen-bond donors (Lipinski definition) is 2. The number of phenols is 1. The van der Waals surface area contributed by atoms with Gasteiger partial charge in [-0.05, 0) is 19.1 Å². The summed E-state index contributed by atoms with van der Waals surface area (Å²) in [5.41, 5.74) is 5.15. The molecule has 0 spiro atoms. The highest BCUT2D eigenvalue weighted by atomic mass is 16.6. The first-order valence-corrected chi connectivity index (χ1v) is 4.32. The maximum atomic E-state index is 11.3. The molecule has 0 saturated carbocycles. The third-order valence-electron chi connectivity index (χ3n) is 1.69. The molecule has 0 aromatic heterocycles. The summed E-state index contributed by atoms with van der Waals surface area (Å²) in [4.78, 5) is 22.3. The zero-order chi connectivity index (χ0) is 11.4. The van der Waals surface area contributed by atoms with Crippen LogP contribution in [0.15, 0.2) is 24.3 Å². The van der Waals surface area contributed by atoms with Gasteiger partial charge in [0.15, 0.2) is 0 Å². The average molecular weight is 209 g/mol. The van der Waals surface area contributed by atoms with E-state index in [0.717, 1.165) is 0 Å². The number of para-hydroxylation sites is 1. The average Bonchev–Trinajstić information content (AvgIpc) is 2.18. The van der Waals surface area contributed by atoms with Crippen LogP contribution in [0, 0.1) is 0 Å². The number of nitrogens with two attached hydrogens (primary N) is 1. The van der Waals surface area contributed by atoms with E-state index in [2.05, 4.69) is 4.74 Å². The molecular formula is C10H11NO4. The summed E-state index contributed by atoms with van der Waals surface area (Å²) in [6.45, 7) is 1.40. The van der Waals surface area contributed by atoms with Crippen LogP contribution in [-0.4, -0.2) is 23.1 Å². The van der Waals surface area contributed by atoms with Crippen LogP contribution in [0.3, 0.4) is 0 Å². The van der Waals surface area contributed by atoms with Crippen LogP contribution in [0.5, 0.6) is 5.75 Å². The molecule has 0 saturated heterocycles. The van der Waals surface area contributed by atoms with Crippen LogP contribution in [0.4, 0.5) is 0 Å². The predicted molar refractivity (Wildman–Crippen MR) is 52.2 cm³/mol. The number of carbonyl (C=O) groups is 2. The lowest BCUT2D eigenvalue weighted by molar-refractivity contribution is -0.139. The van der Waals surface area contributed by atoms with E-state index in [1.807, 2.05) is 0 Å². The summed E-state index contributed by atoms with van der Waals surface area (Å²) < 4.78 is 4.42. The molecule has 5 heteroatoms. The van der Waals surface area contributed by atoms with Gasteiger partial charge in [0.05, 0.1) is 0 Å². The summed E-state index contributed by atoms with van der Waals surface area (Å²) >= 11 is 0. The summed E-state index contributed by atoms with van der Waals surface area (Å²) in [5.74, 6) is -1.97. The van der Waals surface area contributed by atoms with Gasteiger partial charge in [-0.3, -0.25) is 0 Å². The molecule has 0 aliphatic carbocycles. The number of carbonyl (C=O) groups excluding carboxylic acids is 2. The molecular weight excluding hydrogens is 198 g/mol. The van der Waals surface area contributed by atoms with Gasteiger partial charge in [0, 0.05) is 0 Å². The van der Waals surface area contributed by atoms with Crippen LogP contribution in [0.2, 0.25) is 0 Å². The molecule has 0 aliphatic heterocycles. The third kappa shape index (κ3) is 2.78. The Morgan fingerprint density at radius 3 is 2.53 bits per heavy atom. The zero-order valence-electron chi connectivity index (χ0n) is 8.14. The fraction of sp³-hybridized carbons (Fsp3) is 0.200. The van der Waals surface area contributed by atoms with Crippen LogP contribution in [0.1, 0.15) is 17.3 Å². The number of rotatable bonds is 2. The Kier molecular flexibility index (Phi) is 3.41. The molecule has 1 atom stereocenters. The van der Waals surface area contributed by atoms with Gasteiger partial charge in [0.1, 0.15) is 17.4 Å². The molecule has 0 amide bonds. The van der Waals surface area contributed by atoms with E-state index < -0.39 is 18.0 Å². The standard InChI is InChI=1S/C10H11NO4/c1-6(11)9(13)15-10(14)7-4-2-3-5-8(7)12/h2-6,12H,11H2,1H3/t6-/m0/s1.